The number of hydrogen-bond acceptors (Lipinski definition) is 5. The monoisotopic (exact) mass is 245 g/mol. The van der Waals surface area contributed by atoms with Crippen molar-refractivity contribution < 1.29 is 21.0 Å². The molecule has 0 aromatic carbocycles. The van der Waals surface area contributed by atoms with E-state index in [0.717, 1.165) is 6.26 Å². The fourth-order valence-corrected chi connectivity index (χ4v) is 2.49. The zero-order valence-corrected chi connectivity index (χ0v) is 9.77. The molecule has 6 nitrogen and oxygen atoms in total. The van der Waals surface area contributed by atoms with Crippen molar-refractivity contribution in [1.29, 1.82) is 0 Å². The largest absolute Gasteiger partial charge is 0.266 e. The minimum absolute atomic E-state index is 0.337. The summed E-state index contributed by atoms with van der Waals surface area (Å²) in [5, 5.41) is 4.78. The second kappa shape index (κ2) is 5.06. The summed E-state index contributed by atoms with van der Waals surface area (Å²) in [5.41, 5.74) is 0. The second-order valence-corrected chi connectivity index (χ2v) is 6.30. The molecule has 2 N–H and O–H groups in total. The SMILES string of the molecule is CCCC(CS(N)(=O)=O)OS(C)(=O)=O. The zero-order valence-electron chi connectivity index (χ0n) is 8.13. The Kier molecular flexibility index (Phi) is 4.99. The van der Waals surface area contributed by atoms with Crippen molar-refractivity contribution in [1.82, 2.24) is 0 Å². The topological polar surface area (TPSA) is 104 Å². The van der Waals surface area contributed by atoms with Gasteiger partial charge < -0.3 is 0 Å². The molecule has 8 heteroatoms. The first kappa shape index (κ1) is 13.8. The molecule has 0 fully saturated rings. The predicted octanol–water partition coefficient (Wildman–Crippen LogP) is -0.580. The average Bonchev–Trinajstić information content (AvgIpc) is 1.78. The van der Waals surface area contributed by atoms with Crippen LogP contribution < -0.4 is 5.14 Å². The molecule has 0 radical (unpaired) electrons. The van der Waals surface area contributed by atoms with Crippen molar-refractivity contribution in [3.05, 3.63) is 0 Å². The first-order valence-electron chi connectivity index (χ1n) is 4.03. The van der Waals surface area contributed by atoms with Crippen LogP contribution in [0, 0.1) is 0 Å². The van der Waals surface area contributed by atoms with Crippen LogP contribution in [0.4, 0.5) is 0 Å². The van der Waals surface area contributed by atoms with Gasteiger partial charge in [-0.3, -0.25) is 4.18 Å². The molecule has 0 bridgehead atoms. The van der Waals surface area contributed by atoms with E-state index in [4.69, 9.17) is 5.14 Å². The molecule has 0 aromatic rings. The predicted molar refractivity (Wildman–Crippen MR) is 52.6 cm³/mol. The van der Waals surface area contributed by atoms with Gasteiger partial charge in [0.15, 0.2) is 0 Å². The number of rotatable bonds is 6. The fraction of sp³-hybridized carbons (Fsp3) is 1.00. The van der Waals surface area contributed by atoms with Gasteiger partial charge in [-0.25, -0.2) is 13.6 Å². The van der Waals surface area contributed by atoms with Crippen molar-refractivity contribution in [2.24, 2.45) is 5.14 Å². The standard InChI is InChI=1S/C6H15NO5S2/c1-3-4-6(5-14(7,10)11)12-13(2,8)9/h6H,3-5H2,1-2H3,(H2,7,10,11). The second-order valence-electron chi connectivity index (χ2n) is 3.04. The van der Waals surface area contributed by atoms with Gasteiger partial charge in [-0.05, 0) is 6.42 Å². The average molecular weight is 245 g/mol. The Morgan fingerprint density at radius 2 is 1.79 bits per heavy atom. The van der Waals surface area contributed by atoms with Crippen molar-refractivity contribution in [2.45, 2.75) is 25.9 Å². The molecule has 0 rings (SSSR count). The molecule has 1 unspecified atom stereocenters. The quantitative estimate of drug-likeness (QED) is 0.630. The summed E-state index contributed by atoms with van der Waals surface area (Å²) in [6.07, 6.45) is 0.947. The van der Waals surface area contributed by atoms with Crippen LogP contribution in [0.1, 0.15) is 19.8 Å². The van der Waals surface area contributed by atoms with Crippen LogP contribution in [-0.2, 0) is 24.3 Å². The molecule has 1 atom stereocenters. The lowest BCUT2D eigenvalue weighted by Gasteiger charge is -2.13. The number of sulfonamides is 1. The van der Waals surface area contributed by atoms with E-state index in [1.165, 1.54) is 0 Å². The maximum absolute atomic E-state index is 10.7. The van der Waals surface area contributed by atoms with Gasteiger partial charge in [-0.15, -0.1) is 0 Å². The Bertz CT molecular complexity index is 324. The van der Waals surface area contributed by atoms with Gasteiger partial charge in [0.2, 0.25) is 10.0 Å². The van der Waals surface area contributed by atoms with Crippen molar-refractivity contribution in [2.75, 3.05) is 12.0 Å². The molecule has 0 amide bonds. The maximum Gasteiger partial charge on any atom is 0.264 e. The van der Waals surface area contributed by atoms with Gasteiger partial charge in [0.1, 0.15) is 0 Å². The highest BCUT2D eigenvalue weighted by atomic mass is 32.2. The van der Waals surface area contributed by atoms with Crippen LogP contribution in [0.25, 0.3) is 0 Å². The number of hydrogen-bond donors (Lipinski definition) is 1. The van der Waals surface area contributed by atoms with Gasteiger partial charge in [0, 0.05) is 0 Å². The van der Waals surface area contributed by atoms with Crippen molar-refractivity contribution in [3.8, 4) is 0 Å². The summed E-state index contributed by atoms with van der Waals surface area (Å²) in [7, 11) is -7.35. The van der Waals surface area contributed by atoms with Gasteiger partial charge in [-0.2, -0.15) is 8.42 Å². The molecule has 0 spiro atoms. The fourth-order valence-electron chi connectivity index (χ4n) is 0.987. The Morgan fingerprint density at radius 3 is 2.07 bits per heavy atom. The summed E-state index contributed by atoms with van der Waals surface area (Å²) >= 11 is 0. The van der Waals surface area contributed by atoms with Crippen LogP contribution in [0.5, 0.6) is 0 Å². The van der Waals surface area contributed by atoms with Gasteiger partial charge in [-0.1, -0.05) is 13.3 Å². The summed E-state index contributed by atoms with van der Waals surface area (Å²) in [5.74, 6) is -0.478. The molecule has 0 aromatic heterocycles. The molecule has 0 aliphatic heterocycles. The van der Waals surface area contributed by atoms with Crippen LogP contribution in [-0.4, -0.2) is 34.9 Å². The van der Waals surface area contributed by atoms with Crippen molar-refractivity contribution in [3.63, 3.8) is 0 Å². The van der Waals surface area contributed by atoms with Crippen LogP contribution in [0.15, 0.2) is 0 Å². The van der Waals surface area contributed by atoms with E-state index in [9.17, 15) is 16.8 Å². The third-order valence-electron chi connectivity index (χ3n) is 1.34. The molecule has 0 saturated carbocycles. The van der Waals surface area contributed by atoms with E-state index < -0.39 is 32.0 Å². The first-order chi connectivity index (χ1) is 6.14. The van der Waals surface area contributed by atoms with Gasteiger partial charge in [0.05, 0.1) is 18.1 Å². The smallest absolute Gasteiger partial charge is 0.264 e. The van der Waals surface area contributed by atoms with Gasteiger partial charge >= 0.3 is 0 Å². The Balaban J connectivity index is 4.46. The maximum atomic E-state index is 10.7. The van der Waals surface area contributed by atoms with Crippen molar-refractivity contribution >= 4 is 20.1 Å². The molecule has 14 heavy (non-hydrogen) atoms. The Morgan fingerprint density at radius 1 is 1.29 bits per heavy atom. The highest BCUT2D eigenvalue weighted by Crippen LogP contribution is 2.07. The lowest BCUT2D eigenvalue weighted by atomic mass is 10.2. The van der Waals surface area contributed by atoms with E-state index in [0.29, 0.717) is 12.8 Å². The first-order valence-corrected chi connectivity index (χ1v) is 7.56. The molecular formula is C6H15NO5S2. The summed E-state index contributed by atoms with van der Waals surface area (Å²) < 4.78 is 47.5. The third-order valence-corrected chi connectivity index (χ3v) is 2.80. The Hall–Kier alpha value is -0.180. The highest BCUT2D eigenvalue weighted by Gasteiger charge is 2.19. The molecular weight excluding hydrogens is 230 g/mol. The van der Waals surface area contributed by atoms with E-state index >= 15 is 0 Å². The van der Waals surface area contributed by atoms with Gasteiger partial charge in [0.25, 0.3) is 10.1 Å². The molecule has 0 aliphatic rings. The van der Waals surface area contributed by atoms with E-state index in [1.54, 1.807) is 6.92 Å². The molecule has 0 aliphatic carbocycles. The number of nitrogens with two attached hydrogens (primary N) is 1. The molecule has 86 valence electrons. The van der Waals surface area contributed by atoms with Crippen LogP contribution in [0.3, 0.4) is 0 Å². The molecule has 0 heterocycles. The lowest BCUT2D eigenvalue weighted by Crippen LogP contribution is -2.30. The summed E-state index contributed by atoms with van der Waals surface area (Å²) in [4.78, 5) is 0. The van der Waals surface area contributed by atoms with Crippen LogP contribution >= 0.6 is 0 Å². The number of primary sulfonamides is 1. The van der Waals surface area contributed by atoms with E-state index in [1.807, 2.05) is 0 Å². The summed E-state index contributed by atoms with van der Waals surface area (Å²) in [6, 6.07) is 0. The highest BCUT2D eigenvalue weighted by molar-refractivity contribution is 7.89. The lowest BCUT2D eigenvalue weighted by molar-refractivity contribution is 0.221. The van der Waals surface area contributed by atoms with E-state index in [-0.39, 0.29) is 0 Å². The Labute approximate surface area is 84.6 Å². The minimum Gasteiger partial charge on any atom is -0.266 e. The molecule has 0 saturated heterocycles. The normalized spacial score (nSPS) is 15.4. The van der Waals surface area contributed by atoms with E-state index in [2.05, 4.69) is 4.18 Å². The minimum atomic E-state index is -3.71. The third kappa shape index (κ3) is 8.42. The summed E-state index contributed by atoms with van der Waals surface area (Å²) in [6.45, 7) is 1.79. The van der Waals surface area contributed by atoms with Crippen LogP contribution in [0.2, 0.25) is 0 Å². The zero-order chi connectivity index (χ0) is 11.4.